The fourth-order valence-corrected chi connectivity index (χ4v) is 2.48. The lowest BCUT2D eigenvalue weighted by Gasteiger charge is -2.27. The molecule has 2 rings (SSSR count). The molecule has 0 aromatic heterocycles. The summed E-state index contributed by atoms with van der Waals surface area (Å²) >= 11 is 5.29. The van der Waals surface area contributed by atoms with Crippen molar-refractivity contribution in [1.82, 2.24) is 0 Å². The molecule has 20 heavy (non-hydrogen) atoms. The molecule has 2 nitrogen and oxygen atoms in total. The van der Waals surface area contributed by atoms with E-state index in [2.05, 4.69) is 64.1 Å². The average Bonchev–Trinajstić information content (AvgIpc) is 2.37. The lowest BCUT2D eigenvalue weighted by Crippen LogP contribution is -2.32. The fourth-order valence-electron chi connectivity index (χ4n) is 2.29. The molecule has 2 aromatic rings. The van der Waals surface area contributed by atoms with Crippen molar-refractivity contribution in [2.45, 2.75) is 27.7 Å². The number of aryl methyl sites for hydroxylation is 4. The Balaban J connectivity index is 2.65. The molecular weight excluding hydrogens is 264 g/mol. The highest BCUT2D eigenvalue weighted by Crippen LogP contribution is 2.32. The summed E-state index contributed by atoms with van der Waals surface area (Å²) in [5.74, 6) is 0. The minimum atomic E-state index is 0.368. The Morgan fingerprint density at radius 3 is 1.60 bits per heavy atom. The maximum Gasteiger partial charge on any atom is 0.175 e. The van der Waals surface area contributed by atoms with Gasteiger partial charge in [-0.2, -0.15) is 0 Å². The first kappa shape index (κ1) is 14.5. The predicted octanol–water partition coefficient (Wildman–Crippen LogP) is 4.30. The third kappa shape index (κ3) is 2.83. The molecule has 3 heteroatoms. The number of hydrogen-bond donors (Lipinski definition) is 1. The SMILES string of the molecule is Cc1ccc(C)c(N(C(N)=S)c2cc(C)ccc2C)c1. The van der Waals surface area contributed by atoms with E-state index in [1.807, 2.05) is 4.90 Å². The van der Waals surface area contributed by atoms with Crippen LogP contribution in [0, 0.1) is 27.7 Å². The van der Waals surface area contributed by atoms with Crippen molar-refractivity contribution >= 4 is 28.7 Å². The van der Waals surface area contributed by atoms with E-state index in [4.69, 9.17) is 18.0 Å². The Hall–Kier alpha value is -1.87. The molecule has 104 valence electrons. The molecule has 0 atom stereocenters. The van der Waals surface area contributed by atoms with E-state index in [1.165, 1.54) is 11.1 Å². The van der Waals surface area contributed by atoms with Gasteiger partial charge in [-0.3, -0.25) is 4.90 Å². The van der Waals surface area contributed by atoms with Crippen LogP contribution in [0.15, 0.2) is 36.4 Å². The van der Waals surface area contributed by atoms with Gasteiger partial charge in [-0.15, -0.1) is 0 Å². The highest BCUT2D eigenvalue weighted by atomic mass is 32.1. The van der Waals surface area contributed by atoms with Crippen LogP contribution in [-0.4, -0.2) is 5.11 Å². The summed E-state index contributed by atoms with van der Waals surface area (Å²) in [7, 11) is 0. The number of anilines is 2. The number of thiocarbonyl (C=S) groups is 1. The molecule has 0 saturated heterocycles. The second-order valence-electron chi connectivity index (χ2n) is 5.25. The molecular formula is C17H20N2S. The van der Waals surface area contributed by atoms with E-state index in [0.29, 0.717) is 5.11 Å². The second-order valence-corrected chi connectivity index (χ2v) is 5.67. The van der Waals surface area contributed by atoms with Gasteiger partial charge in [0.15, 0.2) is 5.11 Å². The molecule has 0 aliphatic heterocycles. The lowest BCUT2D eigenvalue weighted by atomic mass is 10.1. The van der Waals surface area contributed by atoms with Crippen molar-refractivity contribution < 1.29 is 0 Å². The van der Waals surface area contributed by atoms with Gasteiger partial charge in [0.05, 0.1) is 11.4 Å². The molecule has 0 spiro atoms. The van der Waals surface area contributed by atoms with Gasteiger partial charge in [0, 0.05) is 0 Å². The first-order valence-corrected chi connectivity index (χ1v) is 7.05. The Bertz CT molecular complexity index is 611. The normalized spacial score (nSPS) is 10.4. The van der Waals surface area contributed by atoms with Crippen molar-refractivity contribution in [3.63, 3.8) is 0 Å². The van der Waals surface area contributed by atoms with Crippen molar-refractivity contribution in [2.75, 3.05) is 4.90 Å². The summed E-state index contributed by atoms with van der Waals surface area (Å²) in [5, 5.41) is 0.368. The Morgan fingerprint density at radius 2 is 1.25 bits per heavy atom. The average molecular weight is 284 g/mol. The van der Waals surface area contributed by atoms with E-state index in [1.54, 1.807) is 0 Å². The maximum absolute atomic E-state index is 6.00. The van der Waals surface area contributed by atoms with Crippen LogP contribution in [0.4, 0.5) is 11.4 Å². The first-order valence-electron chi connectivity index (χ1n) is 6.64. The Morgan fingerprint density at radius 1 is 0.850 bits per heavy atom. The summed E-state index contributed by atoms with van der Waals surface area (Å²) in [4.78, 5) is 1.96. The van der Waals surface area contributed by atoms with Gasteiger partial charge in [0.25, 0.3) is 0 Å². The van der Waals surface area contributed by atoms with Gasteiger partial charge in [-0.25, -0.2) is 0 Å². The lowest BCUT2D eigenvalue weighted by molar-refractivity contribution is 1.24. The molecule has 0 bridgehead atoms. The third-order valence-corrected chi connectivity index (χ3v) is 3.61. The van der Waals surface area contributed by atoms with Crippen molar-refractivity contribution in [2.24, 2.45) is 5.73 Å². The van der Waals surface area contributed by atoms with Gasteiger partial charge in [0.2, 0.25) is 0 Å². The summed E-state index contributed by atoms with van der Waals surface area (Å²) in [5.41, 5.74) is 12.8. The molecule has 0 aliphatic carbocycles. The zero-order chi connectivity index (χ0) is 14.9. The minimum Gasteiger partial charge on any atom is -0.376 e. The second kappa shape index (κ2) is 5.63. The van der Waals surface area contributed by atoms with E-state index in [-0.39, 0.29) is 0 Å². The van der Waals surface area contributed by atoms with Crippen LogP contribution < -0.4 is 10.6 Å². The van der Waals surface area contributed by atoms with Gasteiger partial charge in [0.1, 0.15) is 0 Å². The third-order valence-electron chi connectivity index (χ3n) is 3.43. The number of nitrogens with two attached hydrogens (primary N) is 1. The fraction of sp³-hybridized carbons (Fsp3) is 0.235. The summed E-state index contributed by atoms with van der Waals surface area (Å²) < 4.78 is 0. The molecule has 2 N–H and O–H groups in total. The Labute approximate surface area is 126 Å². The van der Waals surface area contributed by atoms with Crippen molar-refractivity contribution in [3.05, 3.63) is 58.7 Å². The molecule has 0 aliphatic rings. The van der Waals surface area contributed by atoms with Gasteiger partial charge in [-0.1, -0.05) is 24.3 Å². The zero-order valence-electron chi connectivity index (χ0n) is 12.4. The Kier molecular flexibility index (Phi) is 4.09. The van der Waals surface area contributed by atoms with E-state index >= 15 is 0 Å². The van der Waals surface area contributed by atoms with Gasteiger partial charge in [-0.05, 0) is 74.3 Å². The molecule has 0 unspecified atom stereocenters. The quantitative estimate of drug-likeness (QED) is 0.834. The summed E-state index contributed by atoms with van der Waals surface area (Å²) in [6.07, 6.45) is 0. The van der Waals surface area contributed by atoms with Crippen LogP contribution in [0.25, 0.3) is 0 Å². The summed E-state index contributed by atoms with van der Waals surface area (Å²) in [6, 6.07) is 12.6. The number of rotatable bonds is 2. The predicted molar refractivity (Wildman–Crippen MR) is 90.8 cm³/mol. The maximum atomic E-state index is 6.00. The van der Waals surface area contributed by atoms with Crippen LogP contribution in [0.3, 0.4) is 0 Å². The van der Waals surface area contributed by atoms with Gasteiger partial charge < -0.3 is 5.73 Å². The van der Waals surface area contributed by atoms with Crippen LogP contribution >= 0.6 is 12.2 Å². The number of benzene rings is 2. The highest BCUT2D eigenvalue weighted by Gasteiger charge is 2.16. The van der Waals surface area contributed by atoms with Gasteiger partial charge >= 0.3 is 0 Å². The molecule has 0 saturated carbocycles. The highest BCUT2D eigenvalue weighted by molar-refractivity contribution is 7.80. The van der Waals surface area contributed by atoms with Crippen LogP contribution in [0.2, 0.25) is 0 Å². The zero-order valence-corrected chi connectivity index (χ0v) is 13.2. The van der Waals surface area contributed by atoms with E-state index in [9.17, 15) is 0 Å². The molecule has 0 fully saturated rings. The molecule has 0 heterocycles. The first-order chi connectivity index (χ1) is 9.40. The van der Waals surface area contributed by atoms with Crippen LogP contribution in [-0.2, 0) is 0 Å². The summed E-state index contributed by atoms with van der Waals surface area (Å²) in [6.45, 7) is 8.30. The van der Waals surface area contributed by atoms with Crippen LogP contribution in [0.1, 0.15) is 22.3 Å². The molecule has 2 aromatic carbocycles. The monoisotopic (exact) mass is 284 g/mol. The van der Waals surface area contributed by atoms with Crippen molar-refractivity contribution in [3.8, 4) is 0 Å². The smallest absolute Gasteiger partial charge is 0.175 e. The largest absolute Gasteiger partial charge is 0.376 e. The molecule has 0 amide bonds. The molecule has 0 radical (unpaired) electrons. The van der Waals surface area contributed by atoms with Crippen LogP contribution in [0.5, 0.6) is 0 Å². The number of nitrogens with zero attached hydrogens (tertiary/aromatic N) is 1. The van der Waals surface area contributed by atoms with E-state index in [0.717, 1.165) is 22.5 Å². The standard InChI is InChI=1S/C17H20N2S/c1-11-5-7-13(3)15(9-11)19(17(18)20)16-10-12(2)6-8-14(16)4/h5-10H,1-4H3,(H2,18,20). The van der Waals surface area contributed by atoms with E-state index < -0.39 is 0 Å². The van der Waals surface area contributed by atoms with Crippen molar-refractivity contribution in [1.29, 1.82) is 0 Å². The minimum absolute atomic E-state index is 0.368. The number of hydrogen-bond acceptors (Lipinski definition) is 1. The topological polar surface area (TPSA) is 29.3 Å².